The minimum Gasteiger partial charge on any atom is -0.367 e. The Labute approximate surface area is 179 Å². The summed E-state index contributed by atoms with van der Waals surface area (Å²) >= 11 is 6.18. The zero-order chi connectivity index (χ0) is 21.1. The summed E-state index contributed by atoms with van der Waals surface area (Å²) in [6.45, 7) is 3.72. The minimum absolute atomic E-state index is 0.150. The fourth-order valence-corrected chi connectivity index (χ4v) is 3.80. The van der Waals surface area contributed by atoms with Crippen molar-refractivity contribution in [2.24, 2.45) is 0 Å². The van der Waals surface area contributed by atoms with Crippen LogP contribution in [0.4, 0.5) is 11.4 Å². The highest BCUT2D eigenvalue weighted by atomic mass is 35.5. The molecule has 0 saturated carbocycles. The third kappa shape index (κ3) is 4.63. The van der Waals surface area contributed by atoms with E-state index in [-0.39, 0.29) is 17.9 Å². The molecule has 30 heavy (non-hydrogen) atoms. The van der Waals surface area contributed by atoms with E-state index in [1.807, 2.05) is 18.2 Å². The molecule has 7 nitrogen and oxygen atoms in total. The summed E-state index contributed by atoms with van der Waals surface area (Å²) in [7, 11) is 2.10. The Balaban J connectivity index is 1.45. The van der Waals surface area contributed by atoms with Gasteiger partial charge in [0.2, 0.25) is 5.91 Å². The molecule has 0 spiro atoms. The van der Waals surface area contributed by atoms with Crippen molar-refractivity contribution in [2.45, 2.75) is 12.8 Å². The second kappa shape index (κ2) is 8.85. The van der Waals surface area contributed by atoms with E-state index in [0.717, 1.165) is 31.9 Å². The summed E-state index contributed by atoms with van der Waals surface area (Å²) in [5.74, 6) is 0.350. The number of aromatic amines is 1. The maximum Gasteiger partial charge on any atom is 0.258 e. The van der Waals surface area contributed by atoms with Crippen molar-refractivity contribution >= 4 is 39.8 Å². The van der Waals surface area contributed by atoms with Gasteiger partial charge < -0.3 is 20.1 Å². The van der Waals surface area contributed by atoms with Crippen molar-refractivity contribution in [2.75, 3.05) is 43.4 Å². The molecule has 2 N–H and O–H groups in total. The van der Waals surface area contributed by atoms with Crippen molar-refractivity contribution < 1.29 is 4.79 Å². The van der Waals surface area contributed by atoms with E-state index in [1.165, 1.54) is 0 Å². The molecule has 1 aliphatic rings. The molecule has 1 aliphatic heterocycles. The normalized spacial score (nSPS) is 14.8. The Hall–Kier alpha value is -2.90. The summed E-state index contributed by atoms with van der Waals surface area (Å²) in [6, 6.07) is 12.7. The zero-order valence-corrected chi connectivity index (χ0v) is 17.6. The predicted molar refractivity (Wildman–Crippen MR) is 120 cm³/mol. The average Bonchev–Trinajstić information content (AvgIpc) is 2.73. The van der Waals surface area contributed by atoms with Crippen LogP contribution in [0.5, 0.6) is 0 Å². The van der Waals surface area contributed by atoms with Crippen LogP contribution in [-0.2, 0) is 11.2 Å². The number of anilines is 2. The molecule has 2 heterocycles. The molecule has 1 saturated heterocycles. The number of fused-ring (bicyclic) bond motifs is 1. The van der Waals surface area contributed by atoms with Crippen molar-refractivity contribution in [1.82, 2.24) is 14.9 Å². The van der Waals surface area contributed by atoms with Crippen LogP contribution in [-0.4, -0.2) is 54.0 Å². The van der Waals surface area contributed by atoms with Gasteiger partial charge in [0.05, 0.1) is 22.3 Å². The molecular formula is C22H24ClN5O2. The lowest BCUT2D eigenvalue weighted by Crippen LogP contribution is -2.44. The van der Waals surface area contributed by atoms with Crippen LogP contribution >= 0.6 is 11.6 Å². The lowest BCUT2D eigenvalue weighted by atomic mass is 10.2. The van der Waals surface area contributed by atoms with Gasteiger partial charge in [-0.3, -0.25) is 9.59 Å². The standard InChI is InChI=1S/C22H24ClN5O2/c1-27-10-12-28(13-11-27)19-7-6-15(23)14-18(19)25-21(29)9-8-20-24-17-5-3-2-4-16(17)22(30)26-20/h2-7,14H,8-13H2,1H3,(H,25,29)(H,24,26,30). The number of carbonyl (C=O) groups is 1. The molecular weight excluding hydrogens is 402 g/mol. The maximum atomic E-state index is 12.6. The number of para-hydroxylation sites is 1. The van der Waals surface area contributed by atoms with Gasteiger partial charge in [0, 0.05) is 44.0 Å². The molecule has 1 aromatic heterocycles. The van der Waals surface area contributed by atoms with Crippen molar-refractivity contribution in [1.29, 1.82) is 0 Å². The second-order valence-corrected chi connectivity index (χ2v) is 7.97. The molecule has 0 bridgehead atoms. The average molecular weight is 426 g/mol. The summed E-state index contributed by atoms with van der Waals surface area (Å²) < 4.78 is 0. The number of benzene rings is 2. The summed E-state index contributed by atoms with van der Waals surface area (Å²) in [6.07, 6.45) is 0.548. The molecule has 0 aliphatic carbocycles. The summed E-state index contributed by atoms with van der Waals surface area (Å²) in [5.41, 5.74) is 2.11. The molecule has 4 rings (SSSR count). The highest BCUT2D eigenvalue weighted by Crippen LogP contribution is 2.30. The number of amides is 1. The molecule has 3 aromatic rings. The largest absolute Gasteiger partial charge is 0.367 e. The van der Waals surface area contributed by atoms with E-state index in [9.17, 15) is 9.59 Å². The molecule has 0 unspecified atom stereocenters. The number of carbonyl (C=O) groups excluding carboxylic acids is 1. The van der Waals surface area contributed by atoms with Crippen LogP contribution in [0.25, 0.3) is 10.9 Å². The van der Waals surface area contributed by atoms with Crippen LogP contribution in [0.15, 0.2) is 47.3 Å². The summed E-state index contributed by atoms with van der Waals surface area (Å²) in [4.78, 5) is 36.6. The first-order valence-electron chi connectivity index (χ1n) is 10.0. The van der Waals surface area contributed by atoms with Crippen LogP contribution in [0.3, 0.4) is 0 Å². The van der Waals surface area contributed by atoms with E-state index in [2.05, 4.69) is 32.1 Å². The Morgan fingerprint density at radius 3 is 2.73 bits per heavy atom. The number of aromatic nitrogens is 2. The topological polar surface area (TPSA) is 81.3 Å². The Bertz CT molecular complexity index is 1120. The van der Waals surface area contributed by atoms with E-state index in [0.29, 0.717) is 33.9 Å². The van der Waals surface area contributed by atoms with E-state index < -0.39 is 0 Å². The monoisotopic (exact) mass is 425 g/mol. The third-order valence-electron chi connectivity index (χ3n) is 5.33. The van der Waals surface area contributed by atoms with Crippen molar-refractivity contribution in [3.05, 3.63) is 63.7 Å². The number of hydrogen-bond acceptors (Lipinski definition) is 5. The lowest BCUT2D eigenvalue weighted by Gasteiger charge is -2.35. The number of piperazine rings is 1. The first-order chi connectivity index (χ1) is 14.5. The number of aryl methyl sites for hydroxylation is 1. The molecule has 8 heteroatoms. The van der Waals surface area contributed by atoms with Crippen molar-refractivity contribution in [3.63, 3.8) is 0 Å². The van der Waals surface area contributed by atoms with Gasteiger partial charge in [0.1, 0.15) is 5.82 Å². The predicted octanol–water partition coefficient (Wildman–Crippen LogP) is 2.90. The van der Waals surface area contributed by atoms with Gasteiger partial charge in [0.25, 0.3) is 5.56 Å². The number of nitrogens with one attached hydrogen (secondary N) is 2. The molecule has 1 amide bonds. The fraction of sp³-hybridized carbons (Fsp3) is 0.318. The van der Waals surface area contributed by atoms with Crippen LogP contribution in [0.2, 0.25) is 5.02 Å². The molecule has 0 atom stereocenters. The molecule has 0 radical (unpaired) electrons. The number of likely N-dealkylation sites (N-methyl/N-ethyl adjacent to an activating group) is 1. The number of H-pyrrole nitrogens is 1. The Morgan fingerprint density at radius 2 is 1.93 bits per heavy atom. The number of halogens is 1. The van der Waals surface area contributed by atoms with Crippen LogP contribution in [0, 0.1) is 0 Å². The molecule has 2 aromatic carbocycles. The second-order valence-electron chi connectivity index (χ2n) is 7.53. The Morgan fingerprint density at radius 1 is 1.17 bits per heavy atom. The van der Waals surface area contributed by atoms with E-state index in [1.54, 1.807) is 24.3 Å². The summed E-state index contributed by atoms with van der Waals surface area (Å²) in [5, 5.41) is 4.10. The van der Waals surface area contributed by atoms with Gasteiger partial charge >= 0.3 is 0 Å². The fourth-order valence-electron chi connectivity index (χ4n) is 3.63. The van der Waals surface area contributed by atoms with Gasteiger partial charge in [-0.05, 0) is 37.4 Å². The van der Waals surface area contributed by atoms with Gasteiger partial charge in [0.15, 0.2) is 0 Å². The van der Waals surface area contributed by atoms with Gasteiger partial charge in [-0.1, -0.05) is 23.7 Å². The zero-order valence-electron chi connectivity index (χ0n) is 16.8. The third-order valence-corrected chi connectivity index (χ3v) is 5.56. The number of rotatable bonds is 5. The van der Waals surface area contributed by atoms with Crippen LogP contribution < -0.4 is 15.8 Å². The van der Waals surface area contributed by atoms with Gasteiger partial charge in [-0.2, -0.15) is 0 Å². The number of hydrogen-bond donors (Lipinski definition) is 2. The molecule has 156 valence electrons. The van der Waals surface area contributed by atoms with Gasteiger partial charge in [-0.15, -0.1) is 0 Å². The molecule has 1 fully saturated rings. The minimum atomic E-state index is -0.191. The lowest BCUT2D eigenvalue weighted by molar-refractivity contribution is -0.116. The van der Waals surface area contributed by atoms with E-state index in [4.69, 9.17) is 11.6 Å². The smallest absolute Gasteiger partial charge is 0.258 e. The maximum absolute atomic E-state index is 12.6. The van der Waals surface area contributed by atoms with Crippen LogP contribution in [0.1, 0.15) is 12.2 Å². The highest BCUT2D eigenvalue weighted by molar-refractivity contribution is 6.31. The van der Waals surface area contributed by atoms with E-state index >= 15 is 0 Å². The Kier molecular flexibility index (Phi) is 6.01. The number of nitrogens with zero attached hydrogens (tertiary/aromatic N) is 3. The van der Waals surface area contributed by atoms with Gasteiger partial charge in [-0.25, -0.2) is 4.98 Å². The first kappa shape index (κ1) is 20.4. The first-order valence-corrected chi connectivity index (χ1v) is 10.4. The SMILES string of the molecule is CN1CCN(c2ccc(Cl)cc2NC(=O)CCc2nc3ccccc3c(=O)[nH]2)CC1. The quantitative estimate of drug-likeness (QED) is 0.657. The van der Waals surface area contributed by atoms with Crippen molar-refractivity contribution in [3.8, 4) is 0 Å². The highest BCUT2D eigenvalue weighted by Gasteiger charge is 2.18.